The Morgan fingerprint density at radius 1 is 1.00 bits per heavy atom. The standard InChI is InChI=1S/C24H19FN2O2/c1-2-16-7-13-19(14-8-16)27-23(28)20-5-3-4-6-21(20)24-26-15-22(29-24)17-9-11-18(25)12-10-17/h3-15H,2H2,1H3,(H,27,28). The molecule has 0 aliphatic heterocycles. The third-order valence-electron chi connectivity index (χ3n) is 4.66. The smallest absolute Gasteiger partial charge is 0.256 e. The lowest BCUT2D eigenvalue weighted by atomic mass is 10.1. The molecule has 1 amide bonds. The second-order valence-corrected chi connectivity index (χ2v) is 6.59. The van der Waals surface area contributed by atoms with Crippen molar-refractivity contribution in [2.45, 2.75) is 13.3 Å². The van der Waals surface area contributed by atoms with Crippen LogP contribution in [0.5, 0.6) is 0 Å². The minimum absolute atomic E-state index is 0.244. The number of anilines is 1. The normalized spacial score (nSPS) is 10.7. The molecular formula is C24H19FN2O2. The summed E-state index contributed by atoms with van der Waals surface area (Å²) in [5, 5.41) is 2.91. The Morgan fingerprint density at radius 2 is 1.72 bits per heavy atom. The third kappa shape index (κ3) is 4.09. The summed E-state index contributed by atoms with van der Waals surface area (Å²) >= 11 is 0. The lowest BCUT2D eigenvalue weighted by Gasteiger charge is -2.09. The highest BCUT2D eigenvalue weighted by molar-refractivity contribution is 6.08. The van der Waals surface area contributed by atoms with Crippen LogP contribution in [-0.2, 0) is 6.42 Å². The maximum atomic E-state index is 13.1. The van der Waals surface area contributed by atoms with Gasteiger partial charge in [0.15, 0.2) is 5.76 Å². The summed E-state index contributed by atoms with van der Waals surface area (Å²) in [6.07, 6.45) is 2.51. The van der Waals surface area contributed by atoms with Crippen LogP contribution in [0.1, 0.15) is 22.8 Å². The number of amides is 1. The fourth-order valence-corrected chi connectivity index (χ4v) is 3.04. The molecule has 5 heteroatoms. The molecule has 3 aromatic carbocycles. The van der Waals surface area contributed by atoms with Crippen molar-refractivity contribution in [2.24, 2.45) is 0 Å². The molecule has 4 rings (SSSR count). The second kappa shape index (κ2) is 8.10. The Kier molecular flexibility index (Phi) is 5.20. The van der Waals surface area contributed by atoms with Gasteiger partial charge in [-0.3, -0.25) is 4.79 Å². The topological polar surface area (TPSA) is 55.1 Å². The molecule has 1 N–H and O–H groups in total. The first-order valence-electron chi connectivity index (χ1n) is 9.35. The minimum Gasteiger partial charge on any atom is -0.436 e. The Hall–Kier alpha value is -3.73. The van der Waals surface area contributed by atoms with Gasteiger partial charge in [-0.15, -0.1) is 0 Å². The summed E-state index contributed by atoms with van der Waals surface area (Å²) in [5.41, 5.74) is 3.68. The Morgan fingerprint density at radius 3 is 2.45 bits per heavy atom. The van der Waals surface area contributed by atoms with E-state index < -0.39 is 0 Å². The number of hydrogen-bond acceptors (Lipinski definition) is 3. The molecule has 1 heterocycles. The lowest BCUT2D eigenvalue weighted by molar-refractivity contribution is 0.102. The maximum Gasteiger partial charge on any atom is 0.256 e. The van der Waals surface area contributed by atoms with E-state index in [1.165, 1.54) is 17.7 Å². The summed E-state index contributed by atoms with van der Waals surface area (Å²) in [5.74, 6) is 0.274. The van der Waals surface area contributed by atoms with Crippen LogP contribution in [0.2, 0.25) is 0 Å². The average Bonchev–Trinajstić information content (AvgIpc) is 3.25. The van der Waals surface area contributed by atoms with Gasteiger partial charge < -0.3 is 9.73 Å². The number of aromatic nitrogens is 1. The number of carbonyl (C=O) groups excluding carboxylic acids is 1. The summed E-state index contributed by atoms with van der Waals surface area (Å²) in [4.78, 5) is 17.2. The molecule has 0 bridgehead atoms. The number of rotatable bonds is 5. The predicted octanol–water partition coefficient (Wildman–Crippen LogP) is 5.96. The predicted molar refractivity (Wildman–Crippen MR) is 111 cm³/mol. The Labute approximate surface area is 168 Å². The van der Waals surface area contributed by atoms with Crippen molar-refractivity contribution in [1.82, 2.24) is 4.98 Å². The van der Waals surface area contributed by atoms with Gasteiger partial charge in [0.2, 0.25) is 5.89 Å². The van der Waals surface area contributed by atoms with E-state index in [1.54, 1.807) is 36.5 Å². The lowest BCUT2D eigenvalue weighted by Crippen LogP contribution is -2.13. The van der Waals surface area contributed by atoms with Gasteiger partial charge in [-0.1, -0.05) is 31.2 Å². The number of hydrogen-bond donors (Lipinski definition) is 1. The van der Waals surface area contributed by atoms with Crippen molar-refractivity contribution in [1.29, 1.82) is 0 Å². The number of halogens is 1. The van der Waals surface area contributed by atoms with Crippen LogP contribution < -0.4 is 5.32 Å². The quantitative estimate of drug-likeness (QED) is 0.460. The van der Waals surface area contributed by atoms with Crippen molar-refractivity contribution >= 4 is 11.6 Å². The summed E-state index contributed by atoms with van der Waals surface area (Å²) < 4.78 is 19.0. The van der Waals surface area contributed by atoms with Crippen molar-refractivity contribution in [3.63, 3.8) is 0 Å². The minimum atomic E-state index is -0.317. The fourth-order valence-electron chi connectivity index (χ4n) is 3.04. The number of nitrogens with one attached hydrogen (secondary N) is 1. The molecule has 0 aliphatic rings. The van der Waals surface area contributed by atoms with Gasteiger partial charge >= 0.3 is 0 Å². The van der Waals surface area contributed by atoms with Crippen molar-refractivity contribution in [2.75, 3.05) is 5.32 Å². The molecule has 144 valence electrons. The molecule has 0 aliphatic carbocycles. The van der Waals surface area contributed by atoms with Gasteiger partial charge in [-0.25, -0.2) is 9.37 Å². The molecule has 0 saturated carbocycles. The highest BCUT2D eigenvalue weighted by atomic mass is 19.1. The summed E-state index contributed by atoms with van der Waals surface area (Å²) in [6.45, 7) is 2.08. The number of benzene rings is 3. The van der Waals surface area contributed by atoms with Gasteiger partial charge in [0, 0.05) is 16.8 Å². The zero-order valence-electron chi connectivity index (χ0n) is 15.9. The number of aryl methyl sites for hydroxylation is 1. The zero-order chi connectivity index (χ0) is 20.2. The van der Waals surface area contributed by atoms with E-state index in [0.717, 1.165) is 12.1 Å². The molecule has 0 atom stereocenters. The molecule has 0 radical (unpaired) electrons. The molecular weight excluding hydrogens is 367 g/mol. The van der Waals surface area contributed by atoms with E-state index in [1.807, 2.05) is 30.3 Å². The van der Waals surface area contributed by atoms with E-state index >= 15 is 0 Å². The van der Waals surface area contributed by atoms with Crippen LogP contribution >= 0.6 is 0 Å². The zero-order valence-corrected chi connectivity index (χ0v) is 15.9. The van der Waals surface area contributed by atoms with Gasteiger partial charge in [0.25, 0.3) is 5.91 Å². The monoisotopic (exact) mass is 386 g/mol. The van der Waals surface area contributed by atoms with E-state index in [-0.39, 0.29) is 11.7 Å². The molecule has 0 saturated heterocycles. The van der Waals surface area contributed by atoms with Gasteiger partial charge in [0.1, 0.15) is 5.82 Å². The van der Waals surface area contributed by atoms with Crippen LogP contribution in [-0.4, -0.2) is 10.9 Å². The second-order valence-electron chi connectivity index (χ2n) is 6.59. The molecule has 0 spiro atoms. The molecule has 4 aromatic rings. The van der Waals surface area contributed by atoms with Gasteiger partial charge in [-0.05, 0) is 60.5 Å². The van der Waals surface area contributed by atoms with Gasteiger partial charge in [-0.2, -0.15) is 0 Å². The van der Waals surface area contributed by atoms with Crippen molar-refractivity contribution in [3.8, 4) is 22.8 Å². The molecule has 29 heavy (non-hydrogen) atoms. The van der Waals surface area contributed by atoms with Crippen molar-refractivity contribution in [3.05, 3.63) is 95.9 Å². The molecule has 0 fully saturated rings. The Bertz CT molecular complexity index is 1130. The SMILES string of the molecule is CCc1ccc(NC(=O)c2ccccc2-c2ncc(-c3ccc(F)cc3)o2)cc1. The van der Waals surface area contributed by atoms with Crippen LogP contribution in [0.4, 0.5) is 10.1 Å². The average molecular weight is 386 g/mol. The number of nitrogens with zero attached hydrogens (tertiary/aromatic N) is 1. The molecule has 0 unspecified atom stereocenters. The van der Waals surface area contributed by atoms with Crippen LogP contribution in [0.25, 0.3) is 22.8 Å². The highest BCUT2D eigenvalue weighted by Gasteiger charge is 2.17. The summed E-state index contributed by atoms with van der Waals surface area (Å²) in [6, 6.07) is 20.9. The first kappa shape index (κ1) is 18.6. The molecule has 4 nitrogen and oxygen atoms in total. The number of oxazole rings is 1. The van der Waals surface area contributed by atoms with E-state index in [2.05, 4.69) is 17.2 Å². The maximum absolute atomic E-state index is 13.1. The fraction of sp³-hybridized carbons (Fsp3) is 0.0833. The largest absolute Gasteiger partial charge is 0.436 e. The highest BCUT2D eigenvalue weighted by Crippen LogP contribution is 2.28. The first-order chi connectivity index (χ1) is 14.1. The summed E-state index contributed by atoms with van der Waals surface area (Å²) in [7, 11) is 0. The first-order valence-corrected chi connectivity index (χ1v) is 9.35. The van der Waals surface area contributed by atoms with Gasteiger partial charge in [0.05, 0.1) is 11.8 Å². The molecule has 1 aromatic heterocycles. The van der Waals surface area contributed by atoms with Crippen LogP contribution in [0.3, 0.4) is 0 Å². The van der Waals surface area contributed by atoms with E-state index in [0.29, 0.717) is 28.3 Å². The third-order valence-corrected chi connectivity index (χ3v) is 4.66. The van der Waals surface area contributed by atoms with Crippen molar-refractivity contribution < 1.29 is 13.6 Å². The Balaban J connectivity index is 1.61. The number of carbonyl (C=O) groups is 1. The van der Waals surface area contributed by atoms with Crippen LogP contribution in [0, 0.1) is 5.82 Å². The van der Waals surface area contributed by atoms with E-state index in [9.17, 15) is 9.18 Å². The van der Waals surface area contributed by atoms with Crippen LogP contribution in [0.15, 0.2) is 83.4 Å². The van der Waals surface area contributed by atoms with E-state index in [4.69, 9.17) is 4.42 Å².